The summed E-state index contributed by atoms with van der Waals surface area (Å²) in [6.45, 7) is 0. The van der Waals surface area contributed by atoms with Crippen LogP contribution in [0, 0.1) is 0 Å². The molecule has 1 unspecified atom stereocenters. The Hall–Kier alpha value is -1.15. The lowest BCUT2D eigenvalue weighted by Crippen LogP contribution is -2.15. The highest BCUT2D eigenvalue weighted by Crippen LogP contribution is 2.25. The Morgan fingerprint density at radius 2 is 2.00 bits per heavy atom. The monoisotopic (exact) mass is 216 g/mol. The number of hydrogen-bond acceptors (Lipinski definition) is 2. The summed E-state index contributed by atoms with van der Waals surface area (Å²) in [5.41, 5.74) is 8.63. The second-order valence-electron chi connectivity index (χ2n) is 4.46. The molecule has 1 aromatic heterocycles. The predicted octanol–water partition coefficient (Wildman–Crippen LogP) is 3.36. The highest BCUT2D eigenvalue weighted by Gasteiger charge is 2.13. The predicted molar refractivity (Wildman–Crippen MR) is 67.0 cm³/mol. The number of aromatic nitrogens is 1. The van der Waals surface area contributed by atoms with Crippen molar-refractivity contribution in [2.24, 2.45) is 5.73 Å². The molecule has 16 heavy (non-hydrogen) atoms. The van der Waals surface area contributed by atoms with Crippen LogP contribution < -0.4 is 5.73 Å². The van der Waals surface area contributed by atoms with E-state index in [1.807, 2.05) is 24.4 Å². The number of pyridine rings is 1. The third-order valence-corrected chi connectivity index (χ3v) is 3.23. The van der Waals surface area contributed by atoms with Gasteiger partial charge in [0.25, 0.3) is 0 Å². The molecule has 1 aliphatic carbocycles. The van der Waals surface area contributed by atoms with Crippen molar-refractivity contribution in [2.75, 3.05) is 0 Å². The van der Waals surface area contributed by atoms with E-state index in [-0.39, 0.29) is 6.04 Å². The molecular formula is C14H20N2. The highest BCUT2D eigenvalue weighted by molar-refractivity contribution is 5.21. The van der Waals surface area contributed by atoms with Gasteiger partial charge in [-0.2, -0.15) is 0 Å². The summed E-state index contributed by atoms with van der Waals surface area (Å²) in [6.07, 6.45) is 11.7. The van der Waals surface area contributed by atoms with Crippen molar-refractivity contribution >= 4 is 0 Å². The number of rotatable bonds is 2. The van der Waals surface area contributed by atoms with Gasteiger partial charge in [0.2, 0.25) is 0 Å². The molecule has 0 saturated carbocycles. The van der Waals surface area contributed by atoms with Gasteiger partial charge in [-0.25, -0.2) is 0 Å². The number of nitrogens with two attached hydrogens (primary N) is 1. The first kappa shape index (κ1) is 11.3. The van der Waals surface area contributed by atoms with Crippen molar-refractivity contribution < 1.29 is 0 Å². The Bertz CT molecular complexity index is 343. The minimum atomic E-state index is -0.000648. The Labute approximate surface area is 97.6 Å². The molecule has 2 rings (SSSR count). The topological polar surface area (TPSA) is 38.9 Å². The van der Waals surface area contributed by atoms with Crippen LogP contribution in [0.2, 0.25) is 0 Å². The van der Waals surface area contributed by atoms with Crippen LogP contribution in [0.1, 0.15) is 50.3 Å². The molecule has 2 heteroatoms. The van der Waals surface area contributed by atoms with Crippen LogP contribution in [0.25, 0.3) is 0 Å². The van der Waals surface area contributed by atoms with Gasteiger partial charge in [-0.05, 0) is 37.8 Å². The van der Waals surface area contributed by atoms with E-state index in [0.29, 0.717) is 0 Å². The molecule has 1 aromatic rings. The number of allylic oxidation sites excluding steroid dienone is 1. The molecule has 1 aliphatic rings. The van der Waals surface area contributed by atoms with Gasteiger partial charge in [-0.15, -0.1) is 0 Å². The van der Waals surface area contributed by atoms with Crippen LogP contribution in [0.4, 0.5) is 0 Å². The van der Waals surface area contributed by atoms with Crippen molar-refractivity contribution in [2.45, 2.75) is 44.6 Å². The number of nitrogens with zero attached hydrogens (tertiary/aromatic N) is 1. The Kier molecular flexibility index (Phi) is 4.11. The molecule has 0 saturated heterocycles. The first-order valence-electron chi connectivity index (χ1n) is 6.23. The average molecular weight is 216 g/mol. The summed E-state index contributed by atoms with van der Waals surface area (Å²) in [4.78, 5) is 4.34. The second-order valence-corrected chi connectivity index (χ2v) is 4.46. The van der Waals surface area contributed by atoms with Gasteiger partial charge >= 0.3 is 0 Å². The fourth-order valence-corrected chi connectivity index (χ4v) is 2.25. The van der Waals surface area contributed by atoms with Crippen molar-refractivity contribution in [1.82, 2.24) is 4.98 Å². The molecule has 0 bridgehead atoms. The maximum Gasteiger partial charge on any atom is 0.0685 e. The molecule has 0 aromatic carbocycles. The number of hydrogen-bond donors (Lipinski definition) is 1. The van der Waals surface area contributed by atoms with Crippen molar-refractivity contribution in [3.63, 3.8) is 0 Å². The van der Waals surface area contributed by atoms with Gasteiger partial charge in [-0.1, -0.05) is 30.6 Å². The van der Waals surface area contributed by atoms with Gasteiger partial charge in [-0.3, -0.25) is 4.98 Å². The standard InChI is InChI=1S/C14H20N2/c15-14(13-10-6-7-11-16-13)12-8-4-2-1-3-5-9-12/h6-8,10-11,14H,1-5,9,15H2/b12-8+. The molecule has 0 radical (unpaired) electrons. The van der Waals surface area contributed by atoms with E-state index < -0.39 is 0 Å². The van der Waals surface area contributed by atoms with Crippen LogP contribution in [-0.4, -0.2) is 4.98 Å². The Morgan fingerprint density at radius 1 is 1.12 bits per heavy atom. The first-order valence-corrected chi connectivity index (χ1v) is 6.23. The fourth-order valence-electron chi connectivity index (χ4n) is 2.25. The normalized spacial score (nSPS) is 22.7. The van der Waals surface area contributed by atoms with E-state index >= 15 is 0 Å². The summed E-state index contributed by atoms with van der Waals surface area (Å²) < 4.78 is 0. The third-order valence-electron chi connectivity index (χ3n) is 3.23. The minimum absolute atomic E-state index is 0.000648. The SMILES string of the molecule is NC(/C1=C/CCCCCC1)c1ccccn1. The van der Waals surface area contributed by atoms with Crippen LogP contribution >= 0.6 is 0 Å². The van der Waals surface area contributed by atoms with E-state index in [4.69, 9.17) is 5.73 Å². The molecule has 2 nitrogen and oxygen atoms in total. The summed E-state index contributed by atoms with van der Waals surface area (Å²) in [5.74, 6) is 0. The zero-order chi connectivity index (χ0) is 11.2. The van der Waals surface area contributed by atoms with E-state index in [0.717, 1.165) is 12.1 Å². The Balaban J connectivity index is 2.10. The summed E-state index contributed by atoms with van der Waals surface area (Å²) in [6, 6.07) is 5.96. The highest BCUT2D eigenvalue weighted by atomic mass is 14.8. The van der Waals surface area contributed by atoms with Crippen molar-refractivity contribution in [1.29, 1.82) is 0 Å². The quantitative estimate of drug-likeness (QED) is 0.770. The van der Waals surface area contributed by atoms with E-state index in [1.54, 1.807) is 0 Å². The maximum absolute atomic E-state index is 6.26. The lowest BCUT2D eigenvalue weighted by atomic mass is 9.93. The molecule has 0 fully saturated rings. The molecule has 0 amide bonds. The fraction of sp³-hybridized carbons (Fsp3) is 0.500. The van der Waals surface area contributed by atoms with Crippen molar-refractivity contribution in [3.8, 4) is 0 Å². The van der Waals surface area contributed by atoms with Gasteiger partial charge in [0, 0.05) is 6.20 Å². The van der Waals surface area contributed by atoms with Crippen LogP contribution in [0.15, 0.2) is 36.0 Å². The second kappa shape index (κ2) is 5.80. The summed E-state index contributed by atoms with van der Waals surface area (Å²) in [5, 5.41) is 0. The van der Waals surface area contributed by atoms with Crippen molar-refractivity contribution in [3.05, 3.63) is 41.7 Å². The van der Waals surface area contributed by atoms with E-state index in [1.165, 1.54) is 37.7 Å². The summed E-state index contributed by atoms with van der Waals surface area (Å²) >= 11 is 0. The Morgan fingerprint density at radius 3 is 2.81 bits per heavy atom. The van der Waals surface area contributed by atoms with Gasteiger partial charge in [0.05, 0.1) is 11.7 Å². The lowest BCUT2D eigenvalue weighted by Gasteiger charge is -2.17. The maximum atomic E-state index is 6.26. The van der Waals surface area contributed by atoms with Gasteiger partial charge < -0.3 is 5.73 Å². The van der Waals surface area contributed by atoms with Gasteiger partial charge in [0.1, 0.15) is 0 Å². The molecule has 1 atom stereocenters. The lowest BCUT2D eigenvalue weighted by molar-refractivity contribution is 0.599. The molecule has 86 valence electrons. The molecule has 0 spiro atoms. The third kappa shape index (κ3) is 2.92. The largest absolute Gasteiger partial charge is 0.319 e. The van der Waals surface area contributed by atoms with E-state index in [2.05, 4.69) is 11.1 Å². The van der Waals surface area contributed by atoms with E-state index in [9.17, 15) is 0 Å². The van der Waals surface area contributed by atoms with Crippen LogP contribution in [-0.2, 0) is 0 Å². The first-order chi connectivity index (χ1) is 7.88. The molecule has 2 N–H and O–H groups in total. The molecule has 1 heterocycles. The van der Waals surface area contributed by atoms with Gasteiger partial charge in [0.15, 0.2) is 0 Å². The average Bonchev–Trinajstić information content (AvgIpc) is 2.29. The molecule has 0 aliphatic heterocycles. The zero-order valence-electron chi connectivity index (χ0n) is 9.73. The molecular weight excluding hydrogens is 196 g/mol. The zero-order valence-corrected chi connectivity index (χ0v) is 9.73. The minimum Gasteiger partial charge on any atom is -0.319 e. The smallest absolute Gasteiger partial charge is 0.0685 e. The van der Waals surface area contributed by atoms with Crippen LogP contribution in [0.3, 0.4) is 0 Å². The van der Waals surface area contributed by atoms with Crippen LogP contribution in [0.5, 0.6) is 0 Å². The summed E-state index contributed by atoms with van der Waals surface area (Å²) in [7, 11) is 0.